The first-order chi connectivity index (χ1) is 7.31. The van der Waals surface area contributed by atoms with Crippen molar-refractivity contribution in [3.63, 3.8) is 0 Å². The summed E-state index contributed by atoms with van der Waals surface area (Å²) in [5.41, 5.74) is 0. The van der Waals surface area contributed by atoms with E-state index in [2.05, 4.69) is 15.5 Å². The van der Waals surface area contributed by atoms with Gasteiger partial charge in [-0.1, -0.05) is 6.92 Å². The Morgan fingerprint density at radius 2 is 2.20 bits per heavy atom. The molecule has 1 N–H and O–H groups in total. The van der Waals surface area contributed by atoms with Gasteiger partial charge < -0.3 is 14.6 Å². The highest BCUT2D eigenvalue weighted by Crippen LogP contribution is 2.05. The largest absolute Gasteiger partial charge is 0.417 e. The Morgan fingerprint density at radius 3 is 2.80 bits per heavy atom. The van der Waals surface area contributed by atoms with E-state index in [0.717, 1.165) is 13.1 Å². The van der Waals surface area contributed by atoms with Gasteiger partial charge in [-0.3, -0.25) is 4.79 Å². The number of aryl methyl sites for hydroxylation is 1. The maximum absolute atomic E-state index is 11.8. The second kappa shape index (κ2) is 4.39. The summed E-state index contributed by atoms with van der Waals surface area (Å²) in [5.74, 6) is 0.450. The number of nitrogens with one attached hydrogen (secondary N) is 1. The van der Waals surface area contributed by atoms with E-state index in [1.165, 1.54) is 0 Å². The van der Waals surface area contributed by atoms with E-state index in [9.17, 15) is 4.79 Å². The third-order valence-corrected chi connectivity index (χ3v) is 2.36. The lowest BCUT2D eigenvalue weighted by Crippen LogP contribution is -2.46. The third kappa shape index (κ3) is 2.15. The predicted molar refractivity (Wildman–Crippen MR) is 52.4 cm³/mol. The Balaban J connectivity index is 2.05. The lowest BCUT2D eigenvalue weighted by atomic mass is 10.3. The molecule has 0 aliphatic carbocycles. The molecule has 0 spiro atoms. The van der Waals surface area contributed by atoms with Crippen molar-refractivity contribution in [1.29, 1.82) is 0 Å². The molecular weight excluding hydrogens is 196 g/mol. The molecule has 2 rings (SSSR count). The summed E-state index contributed by atoms with van der Waals surface area (Å²) in [6.07, 6.45) is 0.655. The van der Waals surface area contributed by atoms with Crippen molar-refractivity contribution in [2.75, 3.05) is 26.2 Å². The van der Waals surface area contributed by atoms with E-state index >= 15 is 0 Å². The zero-order chi connectivity index (χ0) is 10.7. The van der Waals surface area contributed by atoms with Crippen LogP contribution in [0, 0.1) is 0 Å². The fourth-order valence-electron chi connectivity index (χ4n) is 1.49. The Kier molecular flexibility index (Phi) is 2.96. The van der Waals surface area contributed by atoms with Crippen molar-refractivity contribution >= 4 is 5.91 Å². The molecule has 0 bridgehead atoms. The van der Waals surface area contributed by atoms with Gasteiger partial charge in [0.15, 0.2) is 0 Å². The van der Waals surface area contributed by atoms with Gasteiger partial charge in [-0.05, 0) is 0 Å². The number of nitrogens with zero attached hydrogens (tertiary/aromatic N) is 3. The highest BCUT2D eigenvalue weighted by molar-refractivity contribution is 5.89. The average molecular weight is 210 g/mol. The molecule has 1 aromatic rings. The number of piperazine rings is 1. The SMILES string of the molecule is CCc1nnc(C(=O)N2CCNCC2)o1. The van der Waals surface area contributed by atoms with E-state index in [1.807, 2.05) is 6.92 Å². The van der Waals surface area contributed by atoms with Crippen molar-refractivity contribution in [3.8, 4) is 0 Å². The van der Waals surface area contributed by atoms with Crippen molar-refractivity contribution in [1.82, 2.24) is 20.4 Å². The zero-order valence-electron chi connectivity index (χ0n) is 8.69. The minimum atomic E-state index is -0.163. The van der Waals surface area contributed by atoms with E-state index in [0.29, 0.717) is 25.4 Å². The molecule has 15 heavy (non-hydrogen) atoms. The smallest absolute Gasteiger partial charge is 0.311 e. The number of hydrogen-bond donors (Lipinski definition) is 1. The topological polar surface area (TPSA) is 71.3 Å². The van der Waals surface area contributed by atoms with Crippen LogP contribution >= 0.6 is 0 Å². The average Bonchev–Trinajstić information content (AvgIpc) is 2.78. The maximum atomic E-state index is 11.8. The summed E-state index contributed by atoms with van der Waals surface area (Å²) in [4.78, 5) is 13.6. The summed E-state index contributed by atoms with van der Waals surface area (Å²) in [7, 11) is 0. The lowest BCUT2D eigenvalue weighted by Gasteiger charge is -2.25. The molecule has 2 heterocycles. The molecule has 1 aliphatic rings. The molecule has 6 heteroatoms. The van der Waals surface area contributed by atoms with Crippen LogP contribution in [-0.2, 0) is 6.42 Å². The quantitative estimate of drug-likeness (QED) is 0.724. The van der Waals surface area contributed by atoms with Crippen LogP contribution < -0.4 is 5.32 Å². The zero-order valence-corrected chi connectivity index (χ0v) is 8.69. The number of aromatic nitrogens is 2. The minimum absolute atomic E-state index is 0.105. The third-order valence-electron chi connectivity index (χ3n) is 2.36. The van der Waals surface area contributed by atoms with E-state index in [-0.39, 0.29) is 11.8 Å². The molecule has 1 saturated heterocycles. The molecule has 0 unspecified atom stereocenters. The summed E-state index contributed by atoms with van der Waals surface area (Å²) in [6.45, 7) is 4.94. The van der Waals surface area contributed by atoms with Gasteiger partial charge in [0.25, 0.3) is 0 Å². The van der Waals surface area contributed by atoms with Gasteiger partial charge in [-0.2, -0.15) is 0 Å². The van der Waals surface area contributed by atoms with E-state index < -0.39 is 0 Å². The summed E-state index contributed by atoms with van der Waals surface area (Å²) >= 11 is 0. The summed E-state index contributed by atoms with van der Waals surface area (Å²) < 4.78 is 5.21. The Labute approximate surface area is 87.7 Å². The minimum Gasteiger partial charge on any atom is -0.417 e. The number of hydrogen-bond acceptors (Lipinski definition) is 5. The second-order valence-electron chi connectivity index (χ2n) is 3.40. The molecule has 0 aromatic carbocycles. The molecule has 1 aromatic heterocycles. The number of rotatable bonds is 2. The van der Waals surface area contributed by atoms with Gasteiger partial charge >= 0.3 is 11.8 Å². The molecule has 6 nitrogen and oxygen atoms in total. The summed E-state index contributed by atoms with van der Waals surface area (Å²) in [6, 6.07) is 0. The van der Waals surface area contributed by atoms with Gasteiger partial charge in [0.1, 0.15) is 0 Å². The first kappa shape index (κ1) is 10.1. The fraction of sp³-hybridized carbons (Fsp3) is 0.667. The van der Waals surface area contributed by atoms with Crippen LogP contribution in [0.2, 0.25) is 0 Å². The van der Waals surface area contributed by atoms with Crippen LogP contribution in [0.4, 0.5) is 0 Å². The Morgan fingerprint density at radius 1 is 1.47 bits per heavy atom. The van der Waals surface area contributed by atoms with Crippen LogP contribution in [0.3, 0.4) is 0 Å². The second-order valence-corrected chi connectivity index (χ2v) is 3.40. The van der Waals surface area contributed by atoms with Crippen molar-refractivity contribution in [2.24, 2.45) is 0 Å². The van der Waals surface area contributed by atoms with Crippen molar-refractivity contribution in [2.45, 2.75) is 13.3 Å². The molecule has 82 valence electrons. The Hall–Kier alpha value is -1.43. The molecule has 0 radical (unpaired) electrons. The van der Waals surface area contributed by atoms with Crippen molar-refractivity contribution in [3.05, 3.63) is 11.8 Å². The lowest BCUT2D eigenvalue weighted by molar-refractivity contribution is 0.0693. The van der Waals surface area contributed by atoms with Crippen LogP contribution in [0.1, 0.15) is 23.5 Å². The standard InChI is InChI=1S/C9H14N4O2/c1-2-7-11-12-8(15-7)9(14)13-5-3-10-4-6-13/h10H,2-6H2,1H3. The molecule has 0 saturated carbocycles. The molecule has 1 aliphatic heterocycles. The number of amides is 1. The van der Waals surface area contributed by atoms with E-state index in [4.69, 9.17) is 4.42 Å². The van der Waals surface area contributed by atoms with Gasteiger partial charge in [0.05, 0.1) is 0 Å². The van der Waals surface area contributed by atoms with Crippen LogP contribution in [-0.4, -0.2) is 47.2 Å². The van der Waals surface area contributed by atoms with Crippen LogP contribution in [0.15, 0.2) is 4.42 Å². The van der Waals surface area contributed by atoms with Crippen molar-refractivity contribution < 1.29 is 9.21 Å². The van der Waals surface area contributed by atoms with E-state index in [1.54, 1.807) is 4.90 Å². The highest BCUT2D eigenvalue weighted by Gasteiger charge is 2.22. The maximum Gasteiger partial charge on any atom is 0.311 e. The monoisotopic (exact) mass is 210 g/mol. The molecule has 0 atom stereocenters. The fourth-order valence-corrected chi connectivity index (χ4v) is 1.49. The van der Waals surface area contributed by atoms with Gasteiger partial charge in [0.2, 0.25) is 5.89 Å². The van der Waals surface area contributed by atoms with Gasteiger partial charge in [-0.25, -0.2) is 0 Å². The van der Waals surface area contributed by atoms with Gasteiger partial charge in [0, 0.05) is 32.6 Å². The van der Waals surface area contributed by atoms with Crippen LogP contribution in [0.25, 0.3) is 0 Å². The number of carbonyl (C=O) groups is 1. The number of carbonyl (C=O) groups excluding carboxylic acids is 1. The molecule has 1 amide bonds. The first-order valence-electron chi connectivity index (χ1n) is 5.13. The predicted octanol–water partition coefficient (Wildman–Crippen LogP) is -0.323. The summed E-state index contributed by atoms with van der Waals surface area (Å²) in [5, 5.41) is 10.7. The molecule has 1 fully saturated rings. The van der Waals surface area contributed by atoms with Crippen LogP contribution in [0.5, 0.6) is 0 Å². The van der Waals surface area contributed by atoms with Gasteiger partial charge in [-0.15, -0.1) is 10.2 Å². The Bertz CT molecular complexity index is 344. The first-order valence-corrected chi connectivity index (χ1v) is 5.13. The normalized spacial score (nSPS) is 16.7. The highest BCUT2D eigenvalue weighted by atomic mass is 16.4. The molecular formula is C9H14N4O2.